The van der Waals surface area contributed by atoms with Gasteiger partial charge in [-0.25, -0.2) is 28.5 Å². The highest BCUT2D eigenvalue weighted by molar-refractivity contribution is 6.33. The number of aromatic amines is 1. The number of rotatable bonds is 8. The molecule has 2 aromatic heterocycles. The van der Waals surface area contributed by atoms with Gasteiger partial charge in [-0.1, -0.05) is 62.7 Å². The fourth-order valence-electron chi connectivity index (χ4n) is 5.95. The molecular formula is C32H32ClF2N9O3. The number of guanidine groups is 1. The van der Waals surface area contributed by atoms with E-state index in [9.17, 15) is 18.4 Å². The van der Waals surface area contributed by atoms with Crippen molar-refractivity contribution in [2.45, 2.75) is 44.7 Å². The number of nitrogens with one attached hydrogen (secondary N) is 3. The number of carbonyl (C=O) groups excluding carboxylic acids is 2. The van der Waals surface area contributed by atoms with E-state index in [0.29, 0.717) is 39.8 Å². The number of amides is 2. The van der Waals surface area contributed by atoms with Crippen molar-refractivity contribution in [1.82, 2.24) is 40.3 Å². The summed E-state index contributed by atoms with van der Waals surface area (Å²) in [5, 5.41) is 19.2. The van der Waals surface area contributed by atoms with E-state index in [1.54, 1.807) is 36.7 Å². The zero-order valence-corrected chi connectivity index (χ0v) is 26.6. The Labute approximate surface area is 274 Å². The van der Waals surface area contributed by atoms with Crippen molar-refractivity contribution in [2.24, 2.45) is 5.41 Å². The summed E-state index contributed by atoms with van der Waals surface area (Å²) >= 11 is 6.49. The molecule has 2 amide bonds. The van der Waals surface area contributed by atoms with Gasteiger partial charge >= 0.3 is 6.09 Å². The molecule has 4 heterocycles. The Morgan fingerprint density at radius 3 is 2.43 bits per heavy atom. The van der Waals surface area contributed by atoms with Crippen LogP contribution in [0.4, 0.5) is 13.6 Å². The molecule has 47 heavy (non-hydrogen) atoms. The summed E-state index contributed by atoms with van der Waals surface area (Å²) in [7, 11) is 0. The Balaban J connectivity index is 1.39. The molecule has 2 aliphatic heterocycles. The normalized spacial score (nSPS) is 19.7. The van der Waals surface area contributed by atoms with Crippen molar-refractivity contribution in [2.75, 3.05) is 19.7 Å². The number of H-pyrrole nitrogens is 1. The van der Waals surface area contributed by atoms with E-state index in [4.69, 9.17) is 21.7 Å². The minimum atomic E-state index is -2.98. The van der Waals surface area contributed by atoms with Crippen LogP contribution in [-0.2, 0) is 15.1 Å². The molecule has 0 spiro atoms. The molecule has 244 valence electrons. The number of aromatic nitrogens is 5. The van der Waals surface area contributed by atoms with Crippen LogP contribution in [-0.4, -0.2) is 78.5 Å². The average molecular weight is 664 g/mol. The van der Waals surface area contributed by atoms with Crippen molar-refractivity contribution in [3.8, 4) is 22.8 Å². The summed E-state index contributed by atoms with van der Waals surface area (Å²) in [5.74, 6) is -2.76. The molecule has 15 heteroatoms. The van der Waals surface area contributed by atoms with E-state index in [-0.39, 0.29) is 11.4 Å². The van der Waals surface area contributed by atoms with Gasteiger partial charge in [-0.05, 0) is 41.2 Å². The second-order valence-corrected chi connectivity index (χ2v) is 13.2. The number of alkyl halides is 2. The van der Waals surface area contributed by atoms with Crippen molar-refractivity contribution in [1.29, 1.82) is 5.41 Å². The Morgan fingerprint density at radius 2 is 1.81 bits per heavy atom. The van der Waals surface area contributed by atoms with Crippen LogP contribution in [0.1, 0.15) is 44.4 Å². The Hall–Kier alpha value is -4.98. The molecule has 0 radical (unpaired) electrons. The first-order valence-corrected chi connectivity index (χ1v) is 15.2. The van der Waals surface area contributed by atoms with Gasteiger partial charge in [-0.15, -0.1) is 0 Å². The highest BCUT2D eigenvalue weighted by Gasteiger charge is 2.55. The first-order chi connectivity index (χ1) is 22.3. The van der Waals surface area contributed by atoms with Gasteiger partial charge < -0.3 is 10.1 Å². The molecule has 2 aromatic carbocycles. The molecule has 2 saturated heterocycles. The van der Waals surface area contributed by atoms with E-state index in [1.165, 1.54) is 11.2 Å². The molecule has 0 bridgehead atoms. The minimum absolute atomic E-state index is 0.220. The largest absolute Gasteiger partial charge is 0.447 e. The predicted octanol–water partition coefficient (Wildman–Crippen LogP) is 5.41. The van der Waals surface area contributed by atoms with Crippen LogP contribution < -0.4 is 5.32 Å². The van der Waals surface area contributed by atoms with Gasteiger partial charge in [0.15, 0.2) is 17.6 Å². The van der Waals surface area contributed by atoms with Gasteiger partial charge in [0.25, 0.3) is 11.8 Å². The van der Waals surface area contributed by atoms with E-state index in [0.717, 1.165) is 10.5 Å². The van der Waals surface area contributed by atoms with Gasteiger partial charge in [0.1, 0.15) is 18.5 Å². The highest BCUT2D eigenvalue weighted by Crippen LogP contribution is 2.43. The molecule has 2 aliphatic rings. The van der Waals surface area contributed by atoms with Crippen molar-refractivity contribution >= 4 is 29.6 Å². The average Bonchev–Trinajstić information content (AvgIpc) is 3.63. The first kappa shape index (κ1) is 32.0. The summed E-state index contributed by atoms with van der Waals surface area (Å²) in [6.45, 7) is 4.04. The molecule has 0 saturated carbocycles. The number of benzene rings is 2. The molecule has 3 N–H and O–H groups in total. The lowest BCUT2D eigenvalue weighted by atomic mass is 9.75. The molecule has 2 atom stereocenters. The molecule has 0 aliphatic carbocycles. The maximum atomic E-state index is 14.8. The lowest BCUT2D eigenvalue weighted by Gasteiger charge is -2.38. The third-order valence-corrected chi connectivity index (χ3v) is 8.31. The molecular weight excluding hydrogens is 632 g/mol. The van der Waals surface area contributed by atoms with Crippen LogP contribution in [0.15, 0.2) is 67.3 Å². The lowest BCUT2D eigenvalue weighted by Crippen LogP contribution is -2.58. The molecule has 2 fully saturated rings. The fraction of sp³-hybridized carbons (Fsp3) is 0.344. The topological polar surface area (TPSA) is 153 Å². The predicted molar refractivity (Wildman–Crippen MR) is 168 cm³/mol. The maximum absolute atomic E-state index is 14.8. The summed E-state index contributed by atoms with van der Waals surface area (Å²) < 4.78 is 32.5. The van der Waals surface area contributed by atoms with Crippen LogP contribution in [0.3, 0.4) is 0 Å². The van der Waals surface area contributed by atoms with Crippen LogP contribution >= 0.6 is 11.6 Å². The third-order valence-electron chi connectivity index (χ3n) is 7.98. The highest BCUT2D eigenvalue weighted by atomic mass is 35.5. The quantitative estimate of drug-likeness (QED) is 0.226. The first-order valence-electron chi connectivity index (χ1n) is 14.8. The van der Waals surface area contributed by atoms with Gasteiger partial charge in [-0.2, -0.15) is 5.10 Å². The van der Waals surface area contributed by atoms with Crippen LogP contribution in [0.5, 0.6) is 0 Å². The molecule has 0 unspecified atom stereocenters. The summed E-state index contributed by atoms with van der Waals surface area (Å²) in [6.07, 6.45) is 3.96. The van der Waals surface area contributed by atoms with E-state index in [1.807, 2.05) is 45.0 Å². The van der Waals surface area contributed by atoms with Gasteiger partial charge in [-0.3, -0.25) is 25.1 Å². The number of halogens is 3. The third kappa shape index (κ3) is 6.37. The second kappa shape index (κ2) is 12.0. The SMILES string of the molecule is CC(C)(C)C[C@]1(c2ccc(-c3ncccn3)cc2)NC(=N)N([C@H](COC(=O)N2CC(F)(F)C2)c2ccc(Cl)c(-c3ncn[nH]3)c2)C1=O. The summed E-state index contributed by atoms with van der Waals surface area (Å²) in [6, 6.07) is 12.9. The molecule has 12 nitrogen and oxygen atoms in total. The number of nitrogens with zero attached hydrogens (tertiary/aromatic N) is 6. The van der Waals surface area contributed by atoms with Crippen LogP contribution in [0.25, 0.3) is 22.8 Å². The minimum Gasteiger partial charge on any atom is -0.447 e. The zero-order chi connectivity index (χ0) is 33.6. The Kier molecular flexibility index (Phi) is 8.16. The molecule has 6 rings (SSSR count). The van der Waals surface area contributed by atoms with Crippen molar-refractivity contribution in [3.63, 3.8) is 0 Å². The summed E-state index contributed by atoms with van der Waals surface area (Å²) in [5.41, 5.74) is 0.538. The van der Waals surface area contributed by atoms with Crippen LogP contribution in [0, 0.1) is 10.8 Å². The van der Waals surface area contributed by atoms with Crippen LogP contribution in [0.2, 0.25) is 5.02 Å². The standard InChI is InChI=1S/C32H32ClF2N9O3/c1-30(2,3)15-32(21-8-5-19(6-9-21)25-37-11-4-12-38-25)27(45)44(28(36)41-32)24(14-47-29(46)43-16-31(34,35)17-43)20-7-10-23(33)22(13-20)26-39-18-40-42-26/h4-13,18,24H,14-17H2,1-3H3,(H2,36,41)(H,39,40,42)/t24-,32-/m1/s1. The Bertz CT molecular complexity index is 1790. The monoisotopic (exact) mass is 663 g/mol. The van der Waals surface area contributed by atoms with E-state index >= 15 is 0 Å². The number of hydrogen-bond donors (Lipinski definition) is 3. The smallest absolute Gasteiger partial charge is 0.410 e. The maximum Gasteiger partial charge on any atom is 0.410 e. The van der Waals surface area contributed by atoms with Gasteiger partial charge in [0.05, 0.1) is 24.2 Å². The second-order valence-electron chi connectivity index (χ2n) is 12.8. The number of ether oxygens (including phenoxy) is 1. The van der Waals surface area contributed by atoms with Gasteiger partial charge in [0, 0.05) is 23.5 Å². The number of likely N-dealkylation sites (tertiary alicyclic amines) is 1. The van der Waals surface area contributed by atoms with Crippen molar-refractivity contribution < 1.29 is 23.1 Å². The fourth-order valence-corrected chi connectivity index (χ4v) is 6.16. The van der Waals surface area contributed by atoms with Crippen molar-refractivity contribution in [3.05, 3.63) is 83.4 Å². The van der Waals surface area contributed by atoms with Gasteiger partial charge in [0.2, 0.25) is 0 Å². The Morgan fingerprint density at radius 1 is 1.11 bits per heavy atom. The summed E-state index contributed by atoms with van der Waals surface area (Å²) in [4.78, 5) is 42.5. The zero-order valence-electron chi connectivity index (χ0n) is 25.8. The lowest BCUT2D eigenvalue weighted by molar-refractivity contribution is -0.135. The number of carbonyl (C=O) groups is 2. The number of hydrogen-bond acceptors (Lipinski definition) is 8. The molecule has 4 aromatic rings. The van der Waals surface area contributed by atoms with E-state index in [2.05, 4.69) is 30.5 Å². The van der Waals surface area contributed by atoms with E-state index < -0.39 is 49.2 Å².